The molecule has 0 saturated carbocycles. The number of carbonyl (C=O) groups is 1. The predicted molar refractivity (Wildman–Crippen MR) is 91.3 cm³/mol. The Morgan fingerprint density at radius 2 is 2.00 bits per heavy atom. The summed E-state index contributed by atoms with van der Waals surface area (Å²) in [5.41, 5.74) is 0.579. The SMILES string of the molecule is CCCSc1nnc(S[C@H](C)C(=O)Nc2ccc(F)cc2)s1. The molecule has 0 bridgehead atoms. The third-order valence-electron chi connectivity index (χ3n) is 2.58. The summed E-state index contributed by atoms with van der Waals surface area (Å²) in [6.45, 7) is 3.93. The van der Waals surface area contributed by atoms with Crippen LogP contribution in [-0.2, 0) is 4.79 Å². The van der Waals surface area contributed by atoms with E-state index < -0.39 is 0 Å². The van der Waals surface area contributed by atoms with E-state index in [0.717, 1.165) is 20.9 Å². The van der Waals surface area contributed by atoms with Crippen LogP contribution in [0.5, 0.6) is 0 Å². The summed E-state index contributed by atoms with van der Waals surface area (Å²) in [6, 6.07) is 5.70. The first-order valence-electron chi connectivity index (χ1n) is 6.78. The fraction of sp³-hybridized carbons (Fsp3) is 0.357. The van der Waals surface area contributed by atoms with E-state index in [1.807, 2.05) is 6.92 Å². The van der Waals surface area contributed by atoms with E-state index in [4.69, 9.17) is 0 Å². The van der Waals surface area contributed by atoms with Gasteiger partial charge in [0.1, 0.15) is 5.82 Å². The van der Waals surface area contributed by atoms with E-state index in [1.54, 1.807) is 11.8 Å². The zero-order valence-electron chi connectivity index (χ0n) is 12.2. The molecule has 0 radical (unpaired) electrons. The molecule has 0 aliphatic rings. The number of hydrogen-bond donors (Lipinski definition) is 1. The highest BCUT2D eigenvalue weighted by atomic mass is 32.2. The molecule has 2 aromatic rings. The molecule has 1 amide bonds. The van der Waals surface area contributed by atoms with Crippen molar-refractivity contribution in [1.29, 1.82) is 0 Å². The molecule has 1 aromatic carbocycles. The van der Waals surface area contributed by atoms with Crippen LogP contribution in [0.1, 0.15) is 20.3 Å². The second kappa shape index (κ2) is 8.50. The number of thioether (sulfide) groups is 2. The van der Waals surface area contributed by atoms with Gasteiger partial charge in [0, 0.05) is 11.4 Å². The highest BCUT2D eigenvalue weighted by Crippen LogP contribution is 2.31. The number of nitrogens with zero attached hydrogens (tertiary/aromatic N) is 2. The normalized spacial score (nSPS) is 12.1. The topological polar surface area (TPSA) is 54.9 Å². The van der Waals surface area contributed by atoms with Gasteiger partial charge < -0.3 is 5.32 Å². The molecule has 8 heteroatoms. The van der Waals surface area contributed by atoms with E-state index in [9.17, 15) is 9.18 Å². The van der Waals surface area contributed by atoms with E-state index in [0.29, 0.717) is 5.69 Å². The highest BCUT2D eigenvalue weighted by Gasteiger charge is 2.17. The number of carbonyl (C=O) groups excluding carboxylic acids is 1. The van der Waals surface area contributed by atoms with Crippen molar-refractivity contribution in [3.05, 3.63) is 30.1 Å². The van der Waals surface area contributed by atoms with Gasteiger partial charge in [0.2, 0.25) is 5.91 Å². The van der Waals surface area contributed by atoms with Crippen LogP contribution in [0.3, 0.4) is 0 Å². The monoisotopic (exact) mass is 357 g/mol. The van der Waals surface area contributed by atoms with E-state index in [1.165, 1.54) is 47.4 Å². The number of halogens is 1. The molecule has 0 fully saturated rings. The second-order valence-electron chi connectivity index (χ2n) is 4.44. The number of benzene rings is 1. The lowest BCUT2D eigenvalue weighted by atomic mass is 10.3. The summed E-state index contributed by atoms with van der Waals surface area (Å²) in [5, 5.41) is 10.6. The van der Waals surface area contributed by atoms with Crippen molar-refractivity contribution < 1.29 is 9.18 Å². The number of aromatic nitrogens is 2. The molecule has 22 heavy (non-hydrogen) atoms. The van der Waals surface area contributed by atoms with Gasteiger partial charge in [-0.2, -0.15) is 0 Å². The average Bonchev–Trinajstić information content (AvgIpc) is 2.95. The Labute approximate surface area is 141 Å². The van der Waals surface area contributed by atoms with Gasteiger partial charge in [-0.15, -0.1) is 10.2 Å². The Balaban J connectivity index is 1.87. The van der Waals surface area contributed by atoms with Crippen LogP contribution in [0.4, 0.5) is 10.1 Å². The molecule has 0 unspecified atom stereocenters. The van der Waals surface area contributed by atoms with Gasteiger partial charge in [0.15, 0.2) is 8.68 Å². The third-order valence-corrected chi connectivity index (χ3v) is 6.02. The molecule has 2 rings (SSSR count). The van der Waals surface area contributed by atoms with Gasteiger partial charge in [-0.1, -0.05) is 41.8 Å². The molecule has 1 atom stereocenters. The van der Waals surface area contributed by atoms with Gasteiger partial charge in [0.05, 0.1) is 5.25 Å². The fourth-order valence-electron chi connectivity index (χ4n) is 1.47. The Morgan fingerprint density at radius 1 is 1.32 bits per heavy atom. The Kier molecular flexibility index (Phi) is 6.66. The summed E-state index contributed by atoms with van der Waals surface area (Å²) in [4.78, 5) is 12.1. The maximum absolute atomic E-state index is 12.8. The molecule has 4 nitrogen and oxygen atoms in total. The summed E-state index contributed by atoms with van der Waals surface area (Å²) in [6.07, 6.45) is 1.09. The van der Waals surface area contributed by atoms with Crippen LogP contribution < -0.4 is 5.32 Å². The van der Waals surface area contributed by atoms with Crippen LogP contribution in [0, 0.1) is 5.82 Å². The predicted octanol–water partition coefficient (Wildman–Crippen LogP) is 4.30. The number of rotatable bonds is 7. The minimum atomic E-state index is -0.327. The first kappa shape index (κ1) is 17.2. The maximum Gasteiger partial charge on any atom is 0.237 e. The zero-order chi connectivity index (χ0) is 15.9. The van der Waals surface area contributed by atoms with E-state index >= 15 is 0 Å². The van der Waals surface area contributed by atoms with Gasteiger partial charge in [0.25, 0.3) is 0 Å². The molecule has 0 spiro atoms. The molecule has 0 aliphatic heterocycles. The fourth-order valence-corrected chi connectivity index (χ4v) is 4.56. The van der Waals surface area contributed by atoms with Crippen LogP contribution >= 0.6 is 34.9 Å². The number of hydrogen-bond acceptors (Lipinski definition) is 6. The molecule has 0 saturated heterocycles. The summed E-state index contributed by atoms with van der Waals surface area (Å²) >= 11 is 4.55. The van der Waals surface area contributed by atoms with Gasteiger partial charge in [-0.3, -0.25) is 4.79 Å². The van der Waals surface area contributed by atoms with Crippen molar-refractivity contribution >= 4 is 46.5 Å². The van der Waals surface area contributed by atoms with Crippen LogP contribution in [0.15, 0.2) is 32.9 Å². The summed E-state index contributed by atoms with van der Waals surface area (Å²) in [7, 11) is 0. The third kappa shape index (κ3) is 5.26. The molecule has 0 aliphatic carbocycles. The summed E-state index contributed by atoms with van der Waals surface area (Å²) < 4.78 is 14.5. The first-order chi connectivity index (χ1) is 10.6. The smallest absolute Gasteiger partial charge is 0.237 e. The number of nitrogens with one attached hydrogen (secondary N) is 1. The lowest BCUT2D eigenvalue weighted by molar-refractivity contribution is -0.115. The van der Waals surface area contributed by atoms with Gasteiger partial charge in [-0.05, 0) is 37.6 Å². The number of anilines is 1. The molecule has 1 heterocycles. The van der Waals surface area contributed by atoms with Crippen molar-refractivity contribution in [2.75, 3.05) is 11.1 Å². The minimum absolute atomic E-state index is 0.144. The molecule has 1 aromatic heterocycles. The maximum atomic E-state index is 12.8. The average molecular weight is 358 g/mol. The van der Waals surface area contributed by atoms with Crippen LogP contribution in [-0.4, -0.2) is 27.1 Å². The Hall–Kier alpha value is -1.12. The second-order valence-corrected chi connectivity index (χ2v) is 8.35. The van der Waals surface area contributed by atoms with Crippen LogP contribution in [0.2, 0.25) is 0 Å². The van der Waals surface area contributed by atoms with Crippen molar-refractivity contribution in [2.24, 2.45) is 0 Å². The van der Waals surface area contributed by atoms with Gasteiger partial charge >= 0.3 is 0 Å². The van der Waals surface area contributed by atoms with Gasteiger partial charge in [-0.25, -0.2) is 4.39 Å². The van der Waals surface area contributed by atoms with E-state index in [-0.39, 0.29) is 17.0 Å². The van der Waals surface area contributed by atoms with Crippen molar-refractivity contribution in [3.63, 3.8) is 0 Å². The van der Waals surface area contributed by atoms with Crippen molar-refractivity contribution in [3.8, 4) is 0 Å². The Bertz CT molecular complexity index is 618. The molecule has 118 valence electrons. The Morgan fingerprint density at radius 3 is 2.68 bits per heavy atom. The lowest BCUT2D eigenvalue weighted by Crippen LogP contribution is -2.22. The number of amides is 1. The first-order valence-corrected chi connectivity index (χ1v) is 9.46. The molecular weight excluding hydrogens is 341 g/mol. The van der Waals surface area contributed by atoms with Crippen molar-refractivity contribution in [2.45, 2.75) is 34.2 Å². The van der Waals surface area contributed by atoms with Crippen LogP contribution in [0.25, 0.3) is 0 Å². The lowest BCUT2D eigenvalue weighted by Gasteiger charge is -2.10. The largest absolute Gasteiger partial charge is 0.325 e. The molecular formula is C14H16FN3OS3. The van der Waals surface area contributed by atoms with Crippen molar-refractivity contribution in [1.82, 2.24) is 10.2 Å². The quantitative estimate of drug-likeness (QED) is 0.749. The molecule has 1 N–H and O–H groups in total. The zero-order valence-corrected chi connectivity index (χ0v) is 14.7. The standard InChI is InChI=1S/C14H16FN3OS3/c1-3-8-20-13-17-18-14(22-13)21-9(2)12(19)16-11-6-4-10(15)5-7-11/h4-7,9H,3,8H2,1-2H3,(H,16,19)/t9-/m1/s1. The minimum Gasteiger partial charge on any atom is -0.325 e. The van der Waals surface area contributed by atoms with E-state index in [2.05, 4.69) is 22.4 Å². The highest BCUT2D eigenvalue weighted by molar-refractivity contribution is 8.03. The summed E-state index contributed by atoms with van der Waals surface area (Å²) in [5.74, 6) is 0.542.